The molecule has 23 heavy (non-hydrogen) atoms. The molecule has 0 heterocycles. The van der Waals surface area contributed by atoms with E-state index in [4.69, 9.17) is 5.73 Å². The first-order valence-corrected chi connectivity index (χ1v) is 10.1. The number of hydrogen-bond donors (Lipinski definition) is 6. The molecule has 10 heteroatoms. The van der Waals surface area contributed by atoms with Gasteiger partial charge in [0.05, 0.1) is 6.10 Å². The molecule has 0 bridgehead atoms. The Labute approximate surface area is 133 Å². The summed E-state index contributed by atoms with van der Waals surface area (Å²) in [6.07, 6.45) is 0.200. The van der Waals surface area contributed by atoms with Gasteiger partial charge in [-0.1, -0.05) is 30.3 Å². The number of aliphatic hydroxyl groups is 1. The molecule has 0 saturated carbocycles. The van der Waals surface area contributed by atoms with Gasteiger partial charge in [-0.3, -0.25) is 9.13 Å². The predicted octanol–water partition coefficient (Wildman–Crippen LogP) is 0.692. The lowest BCUT2D eigenvalue weighted by Gasteiger charge is -2.36. The summed E-state index contributed by atoms with van der Waals surface area (Å²) in [6, 6.07) is 5.75. The normalized spacial score (nSPS) is 18.4. The van der Waals surface area contributed by atoms with E-state index in [0.717, 1.165) is 0 Å². The molecule has 0 aromatic heterocycles. The maximum atomic E-state index is 12.2. The van der Waals surface area contributed by atoms with Crippen LogP contribution < -0.4 is 5.73 Å². The Morgan fingerprint density at radius 3 is 2.17 bits per heavy atom. The second-order valence-electron chi connectivity index (χ2n) is 5.39. The van der Waals surface area contributed by atoms with E-state index >= 15 is 0 Å². The molecule has 1 unspecified atom stereocenters. The Balaban J connectivity index is 2.75. The van der Waals surface area contributed by atoms with Gasteiger partial charge < -0.3 is 30.4 Å². The van der Waals surface area contributed by atoms with Gasteiger partial charge in [-0.15, -0.1) is 0 Å². The number of aliphatic hydroxyl groups excluding tert-OH is 1. The first-order valence-electron chi connectivity index (χ1n) is 6.88. The van der Waals surface area contributed by atoms with E-state index in [1.54, 1.807) is 6.07 Å². The van der Waals surface area contributed by atoms with Crippen molar-refractivity contribution in [1.82, 2.24) is 0 Å². The standard InChI is InChI=1S/C13H19NO7P2/c14-7-3-6-12(15)11-8-9-4-1-2-5-10(9)13(11,22(16,17)18)23(19,20)21/h1-2,4-5,8,12,15H,3,6-7,14H2,(H2,16,17,18)(H2,19,20,21). The van der Waals surface area contributed by atoms with Crippen molar-refractivity contribution in [2.24, 2.45) is 5.73 Å². The summed E-state index contributed by atoms with van der Waals surface area (Å²) in [5.41, 5.74) is 5.08. The smallest absolute Gasteiger partial charge is 0.352 e. The molecular formula is C13H19NO7P2. The van der Waals surface area contributed by atoms with E-state index in [1.165, 1.54) is 24.3 Å². The average Bonchev–Trinajstić information content (AvgIpc) is 2.80. The molecule has 2 rings (SSSR count). The second kappa shape index (κ2) is 6.24. The highest BCUT2D eigenvalue weighted by Gasteiger charge is 2.67. The van der Waals surface area contributed by atoms with Crippen molar-refractivity contribution >= 4 is 21.3 Å². The molecule has 0 spiro atoms. The molecule has 1 atom stereocenters. The molecule has 0 aliphatic heterocycles. The number of benzene rings is 1. The number of rotatable bonds is 6. The molecule has 1 aromatic rings. The predicted molar refractivity (Wildman–Crippen MR) is 84.5 cm³/mol. The maximum Gasteiger partial charge on any atom is 0.352 e. The molecule has 1 aliphatic carbocycles. The lowest BCUT2D eigenvalue weighted by Crippen LogP contribution is -2.32. The van der Waals surface area contributed by atoms with Gasteiger partial charge in [-0.05, 0) is 36.1 Å². The van der Waals surface area contributed by atoms with Crippen molar-refractivity contribution in [2.45, 2.75) is 23.8 Å². The van der Waals surface area contributed by atoms with Crippen LogP contribution in [0.3, 0.4) is 0 Å². The van der Waals surface area contributed by atoms with Crippen LogP contribution in [0, 0.1) is 0 Å². The number of hydrogen-bond acceptors (Lipinski definition) is 4. The van der Waals surface area contributed by atoms with E-state index in [1.807, 2.05) is 0 Å². The second-order valence-corrected chi connectivity index (χ2v) is 9.26. The van der Waals surface area contributed by atoms with Crippen molar-refractivity contribution in [2.75, 3.05) is 6.54 Å². The van der Waals surface area contributed by atoms with Crippen LogP contribution in [0.4, 0.5) is 0 Å². The maximum absolute atomic E-state index is 12.2. The molecular weight excluding hydrogens is 344 g/mol. The first kappa shape index (κ1) is 18.5. The van der Waals surface area contributed by atoms with Crippen LogP contribution in [-0.4, -0.2) is 37.3 Å². The molecule has 0 fully saturated rings. The lowest BCUT2D eigenvalue weighted by atomic mass is 10.0. The zero-order chi connectivity index (χ0) is 17.5. The fourth-order valence-corrected chi connectivity index (χ4v) is 6.47. The van der Waals surface area contributed by atoms with Crippen LogP contribution in [-0.2, 0) is 14.0 Å². The summed E-state index contributed by atoms with van der Waals surface area (Å²) >= 11 is 0. The van der Waals surface area contributed by atoms with E-state index in [9.17, 15) is 33.8 Å². The molecule has 1 aliphatic rings. The Morgan fingerprint density at radius 2 is 1.65 bits per heavy atom. The van der Waals surface area contributed by atoms with Crippen molar-refractivity contribution in [3.05, 3.63) is 41.0 Å². The van der Waals surface area contributed by atoms with E-state index in [2.05, 4.69) is 0 Å². The van der Waals surface area contributed by atoms with Crippen molar-refractivity contribution in [1.29, 1.82) is 0 Å². The van der Waals surface area contributed by atoms with Crippen molar-refractivity contribution in [3.63, 3.8) is 0 Å². The van der Waals surface area contributed by atoms with Gasteiger partial charge in [-0.25, -0.2) is 0 Å². The fourth-order valence-electron chi connectivity index (χ4n) is 2.98. The largest absolute Gasteiger partial charge is 0.389 e. The molecule has 7 N–H and O–H groups in total. The van der Waals surface area contributed by atoms with Crippen LogP contribution in [0.5, 0.6) is 0 Å². The number of nitrogens with two attached hydrogens (primary N) is 1. The minimum atomic E-state index is -5.36. The third-order valence-electron chi connectivity index (χ3n) is 3.93. The van der Waals surface area contributed by atoms with Crippen LogP contribution in [0.25, 0.3) is 6.08 Å². The highest BCUT2D eigenvalue weighted by Crippen LogP contribution is 2.80. The SMILES string of the molecule is NCCCC(O)C1=Cc2ccccc2C1(P(=O)(O)O)P(=O)(O)O. The third-order valence-corrected chi connectivity index (χ3v) is 8.18. The zero-order valence-corrected chi connectivity index (χ0v) is 13.9. The van der Waals surface area contributed by atoms with Crippen molar-refractivity contribution < 1.29 is 33.8 Å². The molecule has 8 nitrogen and oxygen atoms in total. The monoisotopic (exact) mass is 363 g/mol. The Hall–Kier alpha value is -0.820. The summed E-state index contributed by atoms with van der Waals surface area (Å²) in [6.45, 7) is 0.232. The highest BCUT2D eigenvalue weighted by molar-refractivity contribution is 7.72. The van der Waals surface area contributed by atoms with Crippen LogP contribution >= 0.6 is 15.2 Å². The third kappa shape index (κ3) is 2.86. The van der Waals surface area contributed by atoms with Gasteiger partial charge in [0.1, 0.15) is 0 Å². The zero-order valence-electron chi connectivity index (χ0n) is 12.1. The summed E-state index contributed by atoms with van der Waals surface area (Å²) < 4.78 is 24.4. The fraction of sp³-hybridized carbons (Fsp3) is 0.385. The van der Waals surface area contributed by atoms with Crippen LogP contribution in [0.15, 0.2) is 29.8 Å². The summed E-state index contributed by atoms with van der Waals surface area (Å²) in [5.74, 6) is 0. The average molecular weight is 363 g/mol. The number of fused-ring (bicyclic) bond motifs is 1. The quantitative estimate of drug-likeness (QED) is 0.402. The van der Waals surface area contributed by atoms with Crippen molar-refractivity contribution in [3.8, 4) is 0 Å². The topological polar surface area (TPSA) is 161 Å². The molecule has 0 saturated heterocycles. The minimum Gasteiger partial charge on any atom is -0.389 e. The highest BCUT2D eigenvalue weighted by atomic mass is 31.2. The first-order chi connectivity index (χ1) is 10.6. The van der Waals surface area contributed by atoms with E-state index < -0.39 is 26.2 Å². The molecule has 1 aromatic carbocycles. The lowest BCUT2D eigenvalue weighted by molar-refractivity contribution is 0.187. The van der Waals surface area contributed by atoms with E-state index in [0.29, 0.717) is 6.42 Å². The summed E-state index contributed by atoms with van der Waals surface area (Å²) in [7, 11) is -10.7. The Morgan fingerprint density at radius 1 is 1.09 bits per heavy atom. The molecule has 128 valence electrons. The van der Waals surface area contributed by atoms with Gasteiger partial charge >= 0.3 is 15.2 Å². The summed E-state index contributed by atoms with van der Waals surface area (Å²) in [5, 5.41) is 10.3. The Bertz CT molecular complexity index is 699. The van der Waals surface area contributed by atoms with Crippen LogP contribution in [0.1, 0.15) is 24.0 Å². The van der Waals surface area contributed by atoms with Gasteiger partial charge in [-0.2, -0.15) is 0 Å². The van der Waals surface area contributed by atoms with E-state index in [-0.39, 0.29) is 29.7 Å². The van der Waals surface area contributed by atoms with Gasteiger partial charge in [0.2, 0.25) is 4.90 Å². The molecule has 0 amide bonds. The van der Waals surface area contributed by atoms with Crippen LogP contribution in [0.2, 0.25) is 0 Å². The van der Waals surface area contributed by atoms with Gasteiger partial charge in [0.25, 0.3) is 0 Å². The van der Waals surface area contributed by atoms with Gasteiger partial charge in [0, 0.05) is 0 Å². The van der Waals surface area contributed by atoms with Gasteiger partial charge in [0.15, 0.2) is 0 Å². The summed E-state index contributed by atoms with van der Waals surface area (Å²) in [4.78, 5) is 36.5. The Kier molecular flexibility index (Phi) is 5.02. The molecule has 0 radical (unpaired) electrons. The minimum absolute atomic E-state index is 0.0398.